The van der Waals surface area contributed by atoms with Crippen LogP contribution in [0.3, 0.4) is 0 Å². The smallest absolute Gasteiger partial charge is 0.337 e. The fraction of sp³-hybridized carbons (Fsp3) is 0.265. The first kappa shape index (κ1) is 34.8. The van der Waals surface area contributed by atoms with E-state index in [0.29, 0.717) is 67.8 Å². The molecule has 0 saturated heterocycles. The number of esters is 1. The van der Waals surface area contributed by atoms with Gasteiger partial charge in [0.15, 0.2) is 27.8 Å². The number of carbonyl (C=O) groups is 1. The summed E-state index contributed by atoms with van der Waals surface area (Å²) in [6, 6.07) is 13.5. The Kier molecular flexibility index (Phi) is 11.5. The van der Waals surface area contributed by atoms with Crippen LogP contribution in [0.1, 0.15) is 43.5 Å². The first-order valence-electron chi connectivity index (χ1n) is 14.7. The van der Waals surface area contributed by atoms with Crippen LogP contribution in [-0.4, -0.2) is 37.5 Å². The molecule has 0 fully saturated rings. The van der Waals surface area contributed by atoms with Crippen molar-refractivity contribution in [3.63, 3.8) is 0 Å². The molecule has 47 heavy (non-hydrogen) atoms. The Hall–Kier alpha value is -3.52. The molecule has 246 valence electrons. The summed E-state index contributed by atoms with van der Waals surface area (Å²) in [5, 5.41) is 1.05. The van der Waals surface area contributed by atoms with Crippen molar-refractivity contribution in [2.45, 2.75) is 33.4 Å². The molecule has 13 heteroatoms. The van der Waals surface area contributed by atoms with E-state index in [2.05, 4.69) is 27.6 Å². The van der Waals surface area contributed by atoms with Crippen LogP contribution >= 0.6 is 57.1 Å². The molecule has 1 aliphatic heterocycles. The molecule has 0 unspecified atom stereocenters. The van der Waals surface area contributed by atoms with E-state index in [4.69, 9.17) is 46.9 Å². The number of halogens is 3. The third-order valence-electron chi connectivity index (χ3n) is 7.02. The Morgan fingerprint density at radius 3 is 2.38 bits per heavy atom. The molecule has 1 aromatic heterocycles. The Morgan fingerprint density at radius 1 is 0.957 bits per heavy atom. The molecule has 0 N–H and O–H groups in total. The van der Waals surface area contributed by atoms with Crippen molar-refractivity contribution in [2.24, 2.45) is 4.99 Å². The van der Waals surface area contributed by atoms with Crippen molar-refractivity contribution < 1.29 is 28.5 Å². The second-order valence-electron chi connectivity index (χ2n) is 10.0. The van der Waals surface area contributed by atoms with E-state index in [-0.39, 0.29) is 17.7 Å². The molecule has 4 aromatic rings. The predicted octanol–water partition coefficient (Wildman–Crippen LogP) is 6.70. The lowest BCUT2D eigenvalue weighted by molar-refractivity contribution is -0.136. The van der Waals surface area contributed by atoms with Gasteiger partial charge in [-0.15, -0.1) is 0 Å². The highest BCUT2D eigenvalue weighted by molar-refractivity contribution is 14.1. The number of benzene rings is 3. The monoisotopic (exact) mass is 808 g/mol. The van der Waals surface area contributed by atoms with Crippen LogP contribution in [-0.2, 0) is 16.1 Å². The number of nitrogens with zero attached hydrogens (tertiary/aromatic N) is 2. The van der Waals surface area contributed by atoms with Gasteiger partial charge in [0.25, 0.3) is 5.56 Å². The highest BCUT2D eigenvalue weighted by Gasteiger charge is 2.31. The quantitative estimate of drug-likeness (QED) is 0.116. The number of ether oxygens (including phenoxy) is 5. The zero-order chi connectivity index (χ0) is 33.7. The van der Waals surface area contributed by atoms with Crippen molar-refractivity contribution in [2.75, 3.05) is 26.9 Å². The van der Waals surface area contributed by atoms with Crippen LogP contribution in [0, 0.1) is 3.57 Å². The maximum Gasteiger partial charge on any atom is 0.337 e. The maximum atomic E-state index is 14.1. The Morgan fingerprint density at radius 2 is 1.68 bits per heavy atom. The zero-order valence-electron chi connectivity index (χ0n) is 26.0. The Balaban J connectivity index is 1.57. The number of hydrogen-bond donors (Lipinski definition) is 0. The second kappa shape index (κ2) is 15.6. The summed E-state index contributed by atoms with van der Waals surface area (Å²) in [7, 11) is 1.30. The highest BCUT2D eigenvalue weighted by Crippen LogP contribution is 2.37. The molecule has 0 amide bonds. The van der Waals surface area contributed by atoms with Gasteiger partial charge in [0, 0.05) is 21.8 Å². The number of thiazole rings is 1. The minimum absolute atomic E-state index is 0.211. The molecule has 1 aliphatic rings. The van der Waals surface area contributed by atoms with E-state index in [0.717, 1.165) is 14.7 Å². The second-order valence-corrected chi connectivity index (χ2v) is 13.1. The summed E-state index contributed by atoms with van der Waals surface area (Å²) in [5.74, 6) is 1.56. The van der Waals surface area contributed by atoms with Crippen LogP contribution in [0.25, 0.3) is 6.08 Å². The van der Waals surface area contributed by atoms with Gasteiger partial charge in [0.05, 0.1) is 46.6 Å². The maximum absolute atomic E-state index is 14.1. The van der Waals surface area contributed by atoms with Gasteiger partial charge < -0.3 is 23.7 Å². The first-order valence-corrected chi connectivity index (χ1v) is 17.4. The van der Waals surface area contributed by atoms with E-state index in [1.54, 1.807) is 30.3 Å². The van der Waals surface area contributed by atoms with Gasteiger partial charge in [0.2, 0.25) is 0 Å². The van der Waals surface area contributed by atoms with E-state index < -0.39 is 12.0 Å². The third-order valence-corrected chi connectivity index (χ3v) is 9.41. The number of hydrogen-bond acceptors (Lipinski definition) is 9. The van der Waals surface area contributed by atoms with Crippen LogP contribution in [0.4, 0.5) is 0 Å². The number of methoxy groups -OCH3 is 1. The third kappa shape index (κ3) is 7.64. The van der Waals surface area contributed by atoms with E-state index >= 15 is 0 Å². The van der Waals surface area contributed by atoms with E-state index in [9.17, 15) is 9.59 Å². The summed E-state index contributed by atoms with van der Waals surface area (Å²) in [4.78, 5) is 31.9. The van der Waals surface area contributed by atoms with Gasteiger partial charge in [-0.05, 0) is 97.0 Å². The molecule has 0 spiro atoms. The largest absolute Gasteiger partial charge is 0.490 e. The van der Waals surface area contributed by atoms with Gasteiger partial charge in [0.1, 0.15) is 6.61 Å². The summed E-state index contributed by atoms with van der Waals surface area (Å²) < 4.78 is 31.5. The zero-order valence-corrected chi connectivity index (χ0v) is 30.5. The summed E-state index contributed by atoms with van der Waals surface area (Å²) >= 11 is 15.8. The molecular weight excluding hydrogens is 778 g/mol. The topological polar surface area (TPSA) is 97.6 Å². The van der Waals surface area contributed by atoms with E-state index in [1.165, 1.54) is 29.2 Å². The van der Waals surface area contributed by atoms with Crippen LogP contribution in [0.2, 0.25) is 10.0 Å². The molecule has 1 atom stereocenters. The molecule has 0 radical (unpaired) electrons. The average molecular weight is 810 g/mol. The standard InChI is InChI=1S/C34H31Cl2IN2O7S/c1-5-43-26-11-9-20(15-27(26)44-6-2)30-23(33(41)42-4)17-38-34-39(30)32(40)29(47-34)14-19-12-25(37)31(28(13-19)45-7-3)46-18-21-8-10-22(35)16-24(21)36/h8-17,30H,5-7,18H2,1-4H3/b29-14+/t30-/m1/s1. The molecule has 0 saturated carbocycles. The summed E-state index contributed by atoms with van der Waals surface area (Å²) in [6.07, 6.45) is 3.23. The molecule has 9 nitrogen and oxygen atoms in total. The number of carbonyl (C=O) groups excluding carboxylic acids is 1. The lowest BCUT2D eigenvalue weighted by atomic mass is 9.97. The fourth-order valence-corrected chi connectivity index (χ4v) is 7.22. The molecule has 5 rings (SSSR count). The van der Waals surface area contributed by atoms with Crippen molar-refractivity contribution in [1.82, 2.24) is 4.57 Å². The first-order chi connectivity index (χ1) is 22.7. The Labute approximate surface area is 299 Å². The highest BCUT2D eigenvalue weighted by atomic mass is 127. The van der Waals surface area contributed by atoms with Crippen molar-refractivity contribution in [3.05, 3.63) is 110 Å². The molecule has 3 aromatic carbocycles. The van der Waals surface area contributed by atoms with Crippen LogP contribution < -0.4 is 33.8 Å². The Bertz CT molecular complexity index is 2030. The van der Waals surface area contributed by atoms with Gasteiger partial charge >= 0.3 is 5.97 Å². The summed E-state index contributed by atoms with van der Waals surface area (Å²) in [6.45, 7) is 7.12. The lowest BCUT2D eigenvalue weighted by Gasteiger charge is -2.23. The SMILES string of the molecule is CCOc1ccc([C@@H]2C(C(=O)OC)=CN=c3s/c(=C/c4cc(I)c(OCc5ccc(Cl)cc5Cl)c(OCC)c4)c(=O)n32)cc1OCC. The number of rotatable bonds is 12. The average Bonchev–Trinajstić information content (AvgIpc) is 3.36. The molecule has 0 aliphatic carbocycles. The molecule has 2 heterocycles. The van der Waals surface area contributed by atoms with Gasteiger partial charge in [-0.1, -0.05) is 46.7 Å². The lowest BCUT2D eigenvalue weighted by Crippen LogP contribution is -2.39. The van der Waals surface area contributed by atoms with Crippen LogP contribution in [0.5, 0.6) is 23.0 Å². The number of aromatic nitrogens is 1. The van der Waals surface area contributed by atoms with Gasteiger partial charge in [-0.3, -0.25) is 9.36 Å². The number of fused-ring (bicyclic) bond motifs is 1. The fourth-order valence-electron chi connectivity index (χ4n) is 5.00. The van der Waals surface area contributed by atoms with Crippen molar-refractivity contribution in [3.8, 4) is 23.0 Å². The van der Waals surface area contributed by atoms with Gasteiger partial charge in [-0.25, -0.2) is 9.79 Å². The minimum atomic E-state index is -0.801. The van der Waals surface area contributed by atoms with E-state index in [1.807, 2.05) is 45.0 Å². The van der Waals surface area contributed by atoms with Crippen LogP contribution in [0.15, 0.2) is 70.1 Å². The minimum Gasteiger partial charge on any atom is -0.490 e. The summed E-state index contributed by atoms with van der Waals surface area (Å²) in [5.41, 5.74) is 2.05. The molecular formula is C34H31Cl2IN2O7S. The normalized spacial score (nSPS) is 14.1. The predicted molar refractivity (Wildman–Crippen MR) is 191 cm³/mol. The van der Waals surface area contributed by atoms with Gasteiger partial charge in [-0.2, -0.15) is 0 Å². The molecule has 0 bridgehead atoms. The van der Waals surface area contributed by atoms with Crippen molar-refractivity contribution >= 4 is 69.2 Å². The van der Waals surface area contributed by atoms with Crippen molar-refractivity contribution in [1.29, 1.82) is 0 Å².